The molecule has 1 saturated heterocycles. The van der Waals surface area contributed by atoms with Gasteiger partial charge in [0.2, 0.25) is 0 Å². The number of rotatable bonds is 7. The van der Waals surface area contributed by atoms with Gasteiger partial charge in [-0.05, 0) is 34.4 Å². The van der Waals surface area contributed by atoms with Crippen LogP contribution >= 0.6 is 0 Å². The van der Waals surface area contributed by atoms with Crippen molar-refractivity contribution in [2.24, 2.45) is 0 Å². The number of hydrogen-bond donors (Lipinski definition) is 2. The molecule has 9 heteroatoms. The molecule has 0 spiro atoms. The summed E-state index contributed by atoms with van der Waals surface area (Å²) in [5.74, 6) is -1.52. The monoisotopic (exact) mass is 473 g/mol. The number of amides is 2. The van der Waals surface area contributed by atoms with Crippen LogP contribution < -0.4 is 5.32 Å². The minimum absolute atomic E-state index is 0.0769. The van der Waals surface area contributed by atoms with Crippen LogP contribution in [0.4, 0.5) is 10.5 Å². The molecule has 2 aromatic carbocycles. The van der Waals surface area contributed by atoms with Gasteiger partial charge in [0.05, 0.1) is 11.8 Å². The van der Waals surface area contributed by atoms with E-state index >= 15 is 0 Å². The number of pyridine rings is 1. The summed E-state index contributed by atoms with van der Waals surface area (Å²) in [7, 11) is 0. The zero-order chi connectivity index (χ0) is 24.4. The Labute approximate surface area is 201 Å². The number of hydrogen-bond acceptors (Lipinski definition) is 6. The van der Waals surface area contributed by atoms with Gasteiger partial charge in [-0.15, -0.1) is 0 Å². The summed E-state index contributed by atoms with van der Waals surface area (Å²) in [6.45, 7) is 0.253. The molecule has 0 radical (unpaired) electrons. The van der Waals surface area contributed by atoms with E-state index in [9.17, 15) is 14.4 Å². The largest absolute Gasteiger partial charge is 0.480 e. The molecule has 2 amide bonds. The van der Waals surface area contributed by atoms with E-state index in [1.54, 1.807) is 12.1 Å². The number of aliphatic carboxylic acids is 1. The van der Waals surface area contributed by atoms with E-state index in [0.29, 0.717) is 0 Å². The first-order valence-electron chi connectivity index (χ1n) is 11.2. The molecule has 1 aliphatic carbocycles. The van der Waals surface area contributed by atoms with E-state index in [2.05, 4.69) is 22.4 Å². The Balaban J connectivity index is 1.22. The molecule has 2 N–H and O–H groups in total. The fraction of sp³-hybridized carbons (Fsp3) is 0.231. The third kappa shape index (κ3) is 4.58. The molecule has 5 rings (SSSR count). The summed E-state index contributed by atoms with van der Waals surface area (Å²) < 4.78 is 10.7. The summed E-state index contributed by atoms with van der Waals surface area (Å²) in [4.78, 5) is 41.8. The Morgan fingerprint density at radius 2 is 1.63 bits per heavy atom. The lowest BCUT2D eigenvalue weighted by atomic mass is 9.98. The van der Waals surface area contributed by atoms with E-state index in [4.69, 9.17) is 14.6 Å². The van der Waals surface area contributed by atoms with Crippen LogP contribution in [0.25, 0.3) is 11.1 Å². The zero-order valence-corrected chi connectivity index (χ0v) is 18.7. The summed E-state index contributed by atoms with van der Waals surface area (Å²) in [5.41, 5.74) is 4.81. The van der Waals surface area contributed by atoms with Crippen molar-refractivity contribution in [3.8, 4) is 11.1 Å². The number of carbonyl (C=O) groups excluding carboxylic acids is 2. The van der Waals surface area contributed by atoms with Crippen LogP contribution in [0.15, 0.2) is 66.9 Å². The molecule has 2 heterocycles. The number of nitrogens with one attached hydrogen (secondary N) is 1. The molecule has 9 nitrogen and oxygen atoms in total. The van der Waals surface area contributed by atoms with Gasteiger partial charge in [0.1, 0.15) is 13.2 Å². The fourth-order valence-corrected chi connectivity index (χ4v) is 4.47. The maximum absolute atomic E-state index is 12.9. The number of anilines is 1. The van der Waals surface area contributed by atoms with E-state index < -0.39 is 18.7 Å². The van der Waals surface area contributed by atoms with Crippen LogP contribution in [-0.2, 0) is 14.3 Å². The Morgan fingerprint density at radius 3 is 2.29 bits per heavy atom. The first-order valence-corrected chi connectivity index (χ1v) is 11.2. The van der Waals surface area contributed by atoms with E-state index in [1.165, 1.54) is 11.1 Å². The van der Waals surface area contributed by atoms with Crippen LogP contribution in [0.3, 0.4) is 0 Å². The number of ether oxygens (including phenoxy) is 2. The second-order valence-corrected chi connectivity index (χ2v) is 8.39. The first-order chi connectivity index (χ1) is 17.0. The summed E-state index contributed by atoms with van der Waals surface area (Å²) >= 11 is 0. The van der Waals surface area contributed by atoms with Crippen LogP contribution in [-0.4, -0.2) is 65.4 Å². The van der Waals surface area contributed by atoms with Gasteiger partial charge >= 0.3 is 12.1 Å². The number of nitrogens with zero attached hydrogens (tertiary/aromatic N) is 2. The maximum Gasteiger partial charge on any atom is 0.411 e. The number of carboxylic acids is 1. The lowest BCUT2D eigenvalue weighted by Crippen LogP contribution is -2.55. The number of aromatic nitrogens is 1. The minimum atomic E-state index is -1.06. The lowest BCUT2D eigenvalue weighted by Gasteiger charge is -2.38. The van der Waals surface area contributed by atoms with Crippen molar-refractivity contribution < 1.29 is 29.0 Å². The van der Waals surface area contributed by atoms with E-state index in [1.807, 2.05) is 36.4 Å². The Morgan fingerprint density at radius 1 is 0.971 bits per heavy atom. The van der Waals surface area contributed by atoms with Crippen molar-refractivity contribution in [1.29, 1.82) is 0 Å². The highest BCUT2D eigenvalue weighted by molar-refractivity contribution is 6.01. The SMILES string of the molecule is O=C(O)COC1CN(C(=O)c2ncccc2NC(=O)OCC2c3ccccc3-c3ccccc32)C1. The van der Waals surface area contributed by atoms with Gasteiger partial charge in [-0.3, -0.25) is 10.1 Å². The molecule has 0 atom stereocenters. The first kappa shape index (κ1) is 22.5. The number of benzene rings is 2. The second-order valence-electron chi connectivity index (χ2n) is 8.39. The molecule has 2 aliphatic rings. The van der Waals surface area contributed by atoms with E-state index in [-0.39, 0.29) is 49.0 Å². The molecule has 0 bridgehead atoms. The molecular weight excluding hydrogens is 450 g/mol. The zero-order valence-electron chi connectivity index (χ0n) is 18.7. The predicted molar refractivity (Wildman–Crippen MR) is 126 cm³/mol. The Kier molecular flexibility index (Phi) is 6.15. The summed E-state index contributed by atoms with van der Waals surface area (Å²) in [6.07, 6.45) is 0.450. The Bertz CT molecular complexity index is 1240. The van der Waals surface area contributed by atoms with Crippen molar-refractivity contribution in [3.05, 3.63) is 83.7 Å². The standard InChI is InChI=1S/C26H23N3O6/c30-23(31)15-34-16-12-29(13-16)25(32)24-22(10-5-11-27-24)28-26(33)35-14-21-19-8-3-1-6-17(19)18-7-2-4-9-20(18)21/h1-11,16,21H,12-15H2,(H,28,33)(H,30,31). The van der Waals surface area contributed by atoms with Gasteiger partial charge < -0.3 is 19.5 Å². The predicted octanol–water partition coefficient (Wildman–Crippen LogP) is 3.37. The highest BCUT2D eigenvalue weighted by atomic mass is 16.5. The quantitative estimate of drug-likeness (QED) is 0.540. The smallest absolute Gasteiger partial charge is 0.411 e. The van der Waals surface area contributed by atoms with Gasteiger partial charge in [0.25, 0.3) is 5.91 Å². The van der Waals surface area contributed by atoms with Crippen molar-refractivity contribution in [1.82, 2.24) is 9.88 Å². The second kappa shape index (κ2) is 9.55. The molecule has 1 aliphatic heterocycles. The average Bonchev–Trinajstić information content (AvgIpc) is 3.15. The van der Waals surface area contributed by atoms with Gasteiger partial charge in [-0.1, -0.05) is 48.5 Å². The van der Waals surface area contributed by atoms with Gasteiger partial charge in [0, 0.05) is 25.2 Å². The summed E-state index contributed by atoms with van der Waals surface area (Å²) in [5, 5.41) is 11.3. The molecule has 1 fully saturated rings. The highest BCUT2D eigenvalue weighted by Gasteiger charge is 2.34. The molecule has 0 saturated carbocycles. The Hall–Kier alpha value is -4.24. The third-order valence-electron chi connectivity index (χ3n) is 6.17. The minimum Gasteiger partial charge on any atom is -0.480 e. The van der Waals surface area contributed by atoms with Crippen molar-refractivity contribution in [3.63, 3.8) is 0 Å². The molecule has 1 aromatic heterocycles. The van der Waals surface area contributed by atoms with Crippen molar-refractivity contribution >= 4 is 23.7 Å². The molecule has 0 unspecified atom stereocenters. The molecule has 35 heavy (non-hydrogen) atoms. The number of fused-ring (bicyclic) bond motifs is 3. The summed E-state index contributed by atoms with van der Waals surface area (Å²) in [6, 6.07) is 19.3. The van der Waals surface area contributed by atoms with Crippen LogP contribution in [0.1, 0.15) is 27.5 Å². The van der Waals surface area contributed by atoms with Crippen molar-refractivity contribution in [2.75, 3.05) is 31.6 Å². The van der Waals surface area contributed by atoms with Gasteiger partial charge in [-0.2, -0.15) is 0 Å². The number of likely N-dealkylation sites (tertiary alicyclic amines) is 1. The van der Waals surface area contributed by atoms with E-state index in [0.717, 1.165) is 22.3 Å². The lowest BCUT2D eigenvalue weighted by molar-refractivity contribution is -0.147. The number of carbonyl (C=O) groups is 3. The topological polar surface area (TPSA) is 118 Å². The highest BCUT2D eigenvalue weighted by Crippen LogP contribution is 2.44. The molecule has 3 aromatic rings. The van der Waals surface area contributed by atoms with Crippen molar-refractivity contribution in [2.45, 2.75) is 12.0 Å². The van der Waals surface area contributed by atoms with Gasteiger partial charge in [-0.25, -0.2) is 14.6 Å². The van der Waals surface area contributed by atoms with Crippen LogP contribution in [0.5, 0.6) is 0 Å². The maximum atomic E-state index is 12.9. The molecular formula is C26H23N3O6. The average molecular weight is 473 g/mol. The number of carboxylic acid groups (broad SMARTS) is 1. The normalized spacial score (nSPS) is 14.6. The van der Waals surface area contributed by atoms with Crippen LogP contribution in [0.2, 0.25) is 0 Å². The van der Waals surface area contributed by atoms with Gasteiger partial charge in [0.15, 0.2) is 5.69 Å². The molecule has 178 valence electrons. The van der Waals surface area contributed by atoms with Crippen LogP contribution in [0, 0.1) is 0 Å². The fourth-order valence-electron chi connectivity index (χ4n) is 4.47. The third-order valence-corrected chi connectivity index (χ3v) is 6.17.